The summed E-state index contributed by atoms with van der Waals surface area (Å²) >= 11 is 0. The number of nitrogens with one attached hydrogen (secondary N) is 2. The number of ether oxygens (including phenoxy) is 1. The van der Waals surface area contributed by atoms with E-state index >= 15 is 0 Å². The van der Waals surface area contributed by atoms with E-state index in [1.165, 1.54) is 0 Å². The fourth-order valence-electron chi connectivity index (χ4n) is 1.70. The van der Waals surface area contributed by atoms with Crippen molar-refractivity contribution in [1.82, 2.24) is 10.6 Å². The van der Waals surface area contributed by atoms with Crippen LogP contribution in [-0.4, -0.2) is 42.9 Å². The fraction of sp³-hybridized carbons (Fsp3) is 0.846. The van der Waals surface area contributed by atoms with E-state index in [9.17, 15) is 9.59 Å². The van der Waals surface area contributed by atoms with Crippen LogP contribution >= 0.6 is 0 Å². The molecule has 2 amide bonds. The highest BCUT2D eigenvalue weighted by molar-refractivity contribution is 5.83. The van der Waals surface area contributed by atoms with Crippen LogP contribution in [0, 0.1) is 11.8 Å². The minimum atomic E-state index is -0.960. The van der Waals surface area contributed by atoms with Gasteiger partial charge in [-0.05, 0) is 31.1 Å². The fourth-order valence-corrected chi connectivity index (χ4v) is 1.70. The predicted molar refractivity (Wildman–Crippen MR) is 71.0 cm³/mol. The lowest BCUT2D eigenvalue weighted by Crippen LogP contribution is -2.47. The van der Waals surface area contributed by atoms with E-state index in [4.69, 9.17) is 9.84 Å². The summed E-state index contributed by atoms with van der Waals surface area (Å²) in [6.45, 7) is 5.96. The van der Waals surface area contributed by atoms with Crippen LogP contribution < -0.4 is 10.6 Å². The number of urea groups is 1. The Morgan fingerprint density at radius 1 is 1.37 bits per heavy atom. The van der Waals surface area contributed by atoms with Crippen molar-refractivity contribution in [3.8, 4) is 0 Å². The van der Waals surface area contributed by atoms with E-state index in [1.807, 2.05) is 0 Å². The molecular weight excluding hydrogens is 248 g/mol. The molecule has 0 bridgehead atoms. The largest absolute Gasteiger partial charge is 0.480 e. The number of hydrogen-bond donors (Lipinski definition) is 3. The number of aliphatic carboxylic acids is 1. The Bertz CT molecular complexity index is 303. The summed E-state index contributed by atoms with van der Waals surface area (Å²) < 4.78 is 5.38. The highest BCUT2D eigenvalue weighted by Crippen LogP contribution is 2.32. The molecule has 1 unspecified atom stereocenters. The van der Waals surface area contributed by atoms with Gasteiger partial charge in [-0.25, -0.2) is 9.59 Å². The minimum absolute atomic E-state index is 0.0950. The van der Waals surface area contributed by atoms with Crippen LogP contribution in [0.15, 0.2) is 0 Å². The van der Waals surface area contributed by atoms with Crippen LogP contribution in [0.2, 0.25) is 0 Å². The Labute approximate surface area is 113 Å². The normalized spacial score (nSPS) is 16.2. The minimum Gasteiger partial charge on any atom is -0.480 e. The molecule has 0 aromatic rings. The monoisotopic (exact) mass is 272 g/mol. The zero-order chi connectivity index (χ0) is 14.3. The van der Waals surface area contributed by atoms with Crippen LogP contribution in [0.25, 0.3) is 0 Å². The predicted octanol–water partition coefficient (Wildman–Crippen LogP) is 1.21. The van der Waals surface area contributed by atoms with Gasteiger partial charge in [0.2, 0.25) is 0 Å². The number of hydrogen-bond acceptors (Lipinski definition) is 3. The molecule has 0 aromatic carbocycles. The van der Waals surface area contributed by atoms with E-state index in [2.05, 4.69) is 24.5 Å². The number of amides is 2. The first-order chi connectivity index (χ1) is 9.00. The number of carbonyl (C=O) groups is 2. The second-order valence-corrected chi connectivity index (χ2v) is 5.38. The molecule has 1 atom stereocenters. The van der Waals surface area contributed by atoms with Crippen LogP contribution in [0.3, 0.4) is 0 Å². The Balaban J connectivity index is 2.05. The van der Waals surface area contributed by atoms with Crippen molar-refractivity contribution in [2.45, 2.75) is 39.2 Å². The van der Waals surface area contributed by atoms with Gasteiger partial charge in [0, 0.05) is 19.8 Å². The maximum Gasteiger partial charge on any atom is 0.326 e. The standard InChI is InChI=1S/C13H24N2O4/c1-9(2)8-19-7-3-6-14-13(18)15-11(12(16)17)10-4-5-10/h9-11H,3-8H2,1-2H3,(H,16,17)(H2,14,15,18). The van der Waals surface area contributed by atoms with Gasteiger partial charge in [0.15, 0.2) is 0 Å². The Kier molecular flexibility index (Phi) is 6.62. The van der Waals surface area contributed by atoms with E-state index in [1.54, 1.807) is 0 Å². The number of carboxylic acid groups (broad SMARTS) is 1. The van der Waals surface area contributed by atoms with Crippen molar-refractivity contribution in [2.75, 3.05) is 19.8 Å². The Hall–Kier alpha value is -1.30. The summed E-state index contributed by atoms with van der Waals surface area (Å²) in [4.78, 5) is 22.4. The lowest BCUT2D eigenvalue weighted by atomic mass is 10.2. The van der Waals surface area contributed by atoms with E-state index in [0.717, 1.165) is 25.9 Å². The lowest BCUT2D eigenvalue weighted by Gasteiger charge is -2.14. The smallest absolute Gasteiger partial charge is 0.326 e. The molecule has 6 heteroatoms. The molecule has 0 aromatic heterocycles. The van der Waals surface area contributed by atoms with E-state index < -0.39 is 18.0 Å². The highest BCUT2D eigenvalue weighted by Gasteiger charge is 2.37. The average molecular weight is 272 g/mol. The molecule has 1 rings (SSSR count). The highest BCUT2D eigenvalue weighted by atomic mass is 16.5. The van der Waals surface area contributed by atoms with Crippen molar-refractivity contribution >= 4 is 12.0 Å². The number of carbonyl (C=O) groups excluding carboxylic acids is 1. The maximum absolute atomic E-state index is 11.5. The molecule has 0 spiro atoms. The molecule has 0 radical (unpaired) electrons. The van der Waals surface area contributed by atoms with Gasteiger partial charge < -0.3 is 20.5 Å². The molecule has 6 nitrogen and oxygen atoms in total. The van der Waals surface area contributed by atoms with Gasteiger partial charge >= 0.3 is 12.0 Å². The maximum atomic E-state index is 11.5. The second-order valence-electron chi connectivity index (χ2n) is 5.38. The SMILES string of the molecule is CC(C)COCCCNC(=O)NC(C(=O)O)C1CC1. The third-order valence-corrected chi connectivity index (χ3v) is 2.85. The summed E-state index contributed by atoms with van der Waals surface area (Å²) in [6.07, 6.45) is 2.47. The third kappa shape index (κ3) is 7.00. The summed E-state index contributed by atoms with van der Waals surface area (Å²) in [7, 11) is 0. The average Bonchev–Trinajstić information content (AvgIpc) is 3.13. The molecule has 1 saturated carbocycles. The molecule has 0 heterocycles. The quantitative estimate of drug-likeness (QED) is 0.551. The third-order valence-electron chi connectivity index (χ3n) is 2.85. The number of carboxylic acids is 1. The first kappa shape index (κ1) is 15.8. The lowest BCUT2D eigenvalue weighted by molar-refractivity contribution is -0.139. The molecule has 19 heavy (non-hydrogen) atoms. The van der Waals surface area contributed by atoms with Crippen molar-refractivity contribution in [3.63, 3.8) is 0 Å². The van der Waals surface area contributed by atoms with Crippen LogP contribution in [0.1, 0.15) is 33.1 Å². The summed E-state index contributed by atoms with van der Waals surface area (Å²) in [5, 5.41) is 14.1. The van der Waals surface area contributed by atoms with Gasteiger partial charge in [0.1, 0.15) is 6.04 Å². The molecular formula is C13H24N2O4. The summed E-state index contributed by atoms with van der Waals surface area (Å²) in [5.41, 5.74) is 0. The van der Waals surface area contributed by atoms with Gasteiger partial charge in [-0.15, -0.1) is 0 Å². The Morgan fingerprint density at radius 2 is 2.05 bits per heavy atom. The summed E-state index contributed by atoms with van der Waals surface area (Å²) in [5.74, 6) is -0.360. The molecule has 1 aliphatic rings. The second kappa shape index (κ2) is 7.99. The van der Waals surface area contributed by atoms with Gasteiger partial charge in [-0.2, -0.15) is 0 Å². The van der Waals surface area contributed by atoms with Crippen LogP contribution in [-0.2, 0) is 9.53 Å². The van der Waals surface area contributed by atoms with Gasteiger partial charge in [0.25, 0.3) is 0 Å². The molecule has 1 fully saturated rings. The van der Waals surface area contributed by atoms with Gasteiger partial charge in [0.05, 0.1) is 0 Å². The Morgan fingerprint density at radius 3 is 2.58 bits per heavy atom. The van der Waals surface area contributed by atoms with E-state index in [0.29, 0.717) is 19.1 Å². The molecule has 0 aliphatic heterocycles. The molecule has 3 N–H and O–H groups in total. The van der Waals surface area contributed by atoms with Crippen molar-refractivity contribution in [1.29, 1.82) is 0 Å². The molecule has 110 valence electrons. The van der Waals surface area contributed by atoms with Crippen molar-refractivity contribution < 1.29 is 19.4 Å². The van der Waals surface area contributed by atoms with Crippen molar-refractivity contribution in [3.05, 3.63) is 0 Å². The summed E-state index contributed by atoms with van der Waals surface area (Å²) in [6, 6.07) is -1.17. The zero-order valence-corrected chi connectivity index (χ0v) is 11.6. The number of rotatable bonds is 9. The molecule has 0 saturated heterocycles. The van der Waals surface area contributed by atoms with Gasteiger partial charge in [-0.3, -0.25) is 0 Å². The topological polar surface area (TPSA) is 87.7 Å². The van der Waals surface area contributed by atoms with E-state index in [-0.39, 0.29) is 5.92 Å². The van der Waals surface area contributed by atoms with Crippen LogP contribution in [0.5, 0.6) is 0 Å². The first-order valence-corrected chi connectivity index (χ1v) is 6.85. The first-order valence-electron chi connectivity index (χ1n) is 6.85. The zero-order valence-electron chi connectivity index (χ0n) is 11.6. The molecule has 1 aliphatic carbocycles. The van der Waals surface area contributed by atoms with Crippen LogP contribution in [0.4, 0.5) is 4.79 Å². The van der Waals surface area contributed by atoms with Crippen molar-refractivity contribution in [2.24, 2.45) is 11.8 Å². The van der Waals surface area contributed by atoms with Gasteiger partial charge in [-0.1, -0.05) is 13.8 Å².